The zero-order valence-corrected chi connectivity index (χ0v) is 16.0. The monoisotopic (exact) mass is 380 g/mol. The molecule has 0 radical (unpaired) electrons. The maximum Gasteiger partial charge on any atom is 0.270 e. The van der Waals surface area contributed by atoms with Crippen molar-refractivity contribution in [1.82, 2.24) is 5.48 Å². The summed E-state index contributed by atoms with van der Waals surface area (Å²) in [5.74, 6) is 0.294. The van der Waals surface area contributed by atoms with Gasteiger partial charge in [0.25, 0.3) is 11.8 Å². The number of hydrogen-bond acceptors (Lipinski definition) is 6. The molecule has 2 aromatic carbocycles. The molecule has 7 heteroatoms. The summed E-state index contributed by atoms with van der Waals surface area (Å²) in [5, 5.41) is 0. The van der Waals surface area contributed by atoms with Crippen molar-refractivity contribution >= 4 is 23.2 Å². The summed E-state index contributed by atoms with van der Waals surface area (Å²) in [5.41, 5.74) is 6.46. The van der Waals surface area contributed by atoms with Gasteiger partial charge in [-0.2, -0.15) is 0 Å². The van der Waals surface area contributed by atoms with Gasteiger partial charge in [0.1, 0.15) is 0 Å². The van der Waals surface area contributed by atoms with E-state index in [0.29, 0.717) is 34.0 Å². The molecule has 2 heterocycles. The lowest BCUT2D eigenvalue weighted by atomic mass is 10.0. The summed E-state index contributed by atoms with van der Waals surface area (Å²) in [6.07, 6.45) is -0.977. The highest BCUT2D eigenvalue weighted by atomic mass is 16.7. The summed E-state index contributed by atoms with van der Waals surface area (Å²) in [6, 6.07) is 10.9. The average molecular weight is 380 g/mol. The number of nitrogens with zero attached hydrogens (tertiary/aromatic N) is 1. The smallest absolute Gasteiger partial charge is 0.270 e. The van der Waals surface area contributed by atoms with Crippen molar-refractivity contribution in [1.29, 1.82) is 0 Å². The van der Waals surface area contributed by atoms with Crippen LogP contribution in [0.2, 0.25) is 0 Å². The Morgan fingerprint density at radius 2 is 1.68 bits per heavy atom. The number of rotatable bonds is 4. The first kappa shape index (κ1) is 18.1. The third-order valence-electron chi connectivity index (χ3n) is 5.02. The molecular weight excluding hydrogens is 360 g/mol. The second kappa shape index (κ2) is 6.69. The largest absolute Gasteiger partial charge is 0.493 e. The van der Waals surface area contributed by atoms with E-state index in [4.69, 9.17) is 14.3 Å². The molecule has 1 fully saturated rings. The highest BCUT2D eigenvalue weighted by molar-refractivity contribution is 6.33. The molecule has 0 unspecified atom stereocenters. The van der Waals surface area contributed by atoms with Crippen LogP contribution in [0.3, 0.4) is 0 Å². The summed E-state index contributed by atoms with van der Waals surface area (Å²) in [4.78, 5) is 32.9. The molecule has 0 bridgehead atoms. The van der Waals surface area contributed by atoms with Crippen molar-refractivity contribution < 1.29 is 23.9 Å². The number of nitrogens with one attached hydrogen (secondary N) is 1. The fourth-order valence-corrected chi connectivity index (χ4v) is 3.67. The molecule has 0 spiro atoms. The van der Waals surface area contributed by atoms with Crippen molar-refractivity contribution in [3.8, 4) is 11.5 Å². The van der Waals surface area contributed by atoms with Crippen molar-refractivity contribution in [2.75, 3.05) is 19.1 Å². The van der Waals surface area contributed by atoms with Crippen LogP contribution >= 0.6 is 0 Å². The van der Waals surface area contributed by atoms with Gasteiger partial charge in [-0.3, -0.25) is 19.9 Å². The molecule has 28 heavy (non-hydrogen) atoms. The number of para-hydroxylation sites is 1. The van der Waals surface area contributed by atoms with Gasteiger partial charge in [0, 0.05) is 5.56 Å². The van der Waals surface area contributed by atoms with Crippen LogP contribution in [0.25, 0.3) is 5.70 Å². The first-order valence-corrected chi connectivity index (χ1v) is 8.80. The Hall–Kier alpha value is -3.32. The summed E-state index contributed by atoms with van der Waals surface area (Å²) < 4.78 is 10.6. The zero-order chi connectivity index (χ0) is 20.0. The van der Waals surface area contributed by atoms with E-state index >= 15 is 0 Å². The standard InChI is InChI=1S/C21H20N2O5/c1-11-6-5-7-12(2)18(11)23-20(24)16-17(22-28-19(16)21(23)25)13-8-9-14(26-3)15(10-13)27-4/h5-10,19,22H,1-4H3/t19-/m0/s1. The van der Waals surface area contributed by atoms with Crippen LogP contribution in [-0.2, 0) is 14.4 Å². The Bertz CT molecular complexity index is 1010. The predicted octanol–water partition coefficient (Wildman–Crippen LogP) is 2.51. The highest BCUT2D eigenvalue weighted by Gasteiger charge is 2.51. The lowest BCUT2D eigenvalue weighted by Gasteiger charge is -2.20. The molecule has 1 saturated heterocycles. The number of methoxy groups -OCH3 is 2. The van der Waals surface area contributed by atoms with Gasteiger partial charge in [-0.25, -0.2) is 4.90 Å². The van der Waals surface area contributed by atoms with Gasteiger partial charge in [0.2, 0.25) is 0 Å². The SMILES string of the molecule is COc1ccc(C2=C3C(=O)N(c4c(C)cccc4C)C(=O)[C@H]3ON2)cc1OC. The number of benzene rings is 2. The van der Waals surface area contributed by atoms with Crippen molar-refractivity contribution in [2.24, 2.45) is 0 Å². The summed E-state index contributed by atoms with van der Waals surface area (Å²) >= 11 is 0. The van der Waals surface area contributed by atoms with Crippen LogP contribution in [0, 0.1) is 13.8 Å². The summed E-state index contributed by atoms with van der Waals surface area (Å²) in [7, 11) is 3.09. The van der Waals surface area contributed by atoms with Gasteiger partial charge in [-0.05, 0) is 43.2 Å². The number of fused-ring (bicyclic) bond motifs is 1. The molecule has 4 rings (SSSR count). The third-order valence-corrected chi connectivity index (χ3v) is 5.02. The molecule has 2 aliphatic heterocycles. The number of imide groups is 1. The second-order valence-electron chi connectivity index (χ2n) is 6.68. The molecule has 2 aromatic rings. The number of anilines is 1. The van der Waals surface area contributed by atoms with Gasteiger partial charge in [0.05, 0.1) is 31.2 Å². The fraction of sp³-hybridized carbons (Fsp3) is 0.238. The van der Waals surface area contributed by atoms with E-state index in [0.717, 1.165) is 11.1 Å². The minimum atomic E-state index is -0.977. The number of hydroxylamine groups is 1. The van der Waals surface area contributed by atoms with Crippen LogP contribution in [0.1, 0.15) is 16.7 Å². The normalized spacial score (nSPS) is 18.4. The van der Waals surface area contributed by atoms with Gasteiger partial charge in [0.15, 0.2) is 17.6 Å². The van der Waals surface area contributed by atoms with E-state index < -0.39 is 12.0 Å². The molecule has 2 aliphatic rings. The van der Waals surface area contributed by atoms with Crippen LogP contribution in [-0.4, -0.2) is 32.1 Å². The van der Waals surface area contributed by atoms with Crippen LogP contribution < -0.4 is 19.9 Å². The molecule has 1 atom stereocenters. The highest BCUT2D eigenvalue weighted by Crippen LogP contribution is 2.39. The predicted molar refractivity (Wildman–Crippen MR) is 103 cm³/mol. The third kappa shape index (κ3) is 2.55. The number of carbonyl (C=O) groups is 2. The van der Waals surface area contributed by atoms with Gasteiger partial charge >= 0.3 is 0 Å². The average Bonchev–Trinajstić information content (AvgIpc) is 3.23. The minimum Gasteiger partial charge on any atom is -0.493 e. The number of ether oxygens (including phenoxy) is 2. The van der Waals surface area contributed by atoms with E-state index in [1.165, 1.54) is 12.0 Å². The molecule has 0 aromatic heterocycles. The lowest BCUT2D eigenvalue weighted by Crippen LogP contribution is -2.35. The van der Waals surface area contributed by atoms with Crippen LogP contribution in [0.15, 0.2) is 42.0 Å². The van der Waals surface area contributed by atoms with Crippen molar-refractivity contribution in [3.63, 3.8) is 0 Å². The van der Waals surface area contributed by atoms with E-state index in [2.05, 4.69) is 5.48 Å². The van der Waals surface area contributed by atoms with E-state index in [1.54, 1.807) is 25.3 Å². The Kier molecular flexibility index (Phi) is 4.31. The summed E-state index contributed by atoms with van der Waals surface area (Å²) in [6.45, 7) is 3.75. The quantitative estimate of drug-likeness (QED) is 0.822. The van der Waals surface area contributed by atoms with E-state index in [1.807, 2.05) is 32.0 Å². The molecule has 0 saturated carbocycles. The second-order valence-corrected chi connectivity index (χ2v) is 6.68. The number of amides is 2. The van der Waals surface area contributed by atoms with Gasteiger partial charge < -0.3 is 9.47 Å². The van der Waals surface area contributed by atoms with Gasteiger partial charge in [-0.15, -0.1) is 0 Å². The molecule has 0 aliphatic carbocycles. The molecule has 144 valence electrons. The lowest BCUT2D eigenvalue weighted by molar-refractivity contribution is -0.127. The first-order valence-electron chi connectivity index (χ1n) is 8.80. The molecule has 1 N–H and O–H groups in total. The van der Waals surface area contributed by atoms with Crippen LogP contribution in [0.4, 0.5) is 5.69 Å². The van der Waals surface area contributed by atoms with Crippen molar-refractivity contribution in [3.05, 3.63) is 58.7 Å². The Morgan fingerprint density at radius 1 is 1.00 bits per heavy atom. The molecular formula is C21H20N2O5. The van der Waals surface area contributed by atoms with Gasteiger partial charge in [-0.1, -0.05) is 18.2 Å². The number of carbonyl (C=O) groups excluding carboxylic acids is 2. The maximum atomic E-state index is 13.2. The van der Waals surface area contributed by atoms with E-state index in [-0.39, 0.29) is 5.91 Å². The number of aryl methyl sites for hydroxylation is 2. The topological polar surface area (TPSA) is 77.1 Å². The minimum absolute atomic E-state index is 0.292. The molecule has 2 amide bonds. The Labute approximate surface area is 162 Å². The maximum absolute atomic E-state index is 13.2. The fourth-order valence-electron chi connectivity index (χ4n) is 3.67. The van der Waals surface area contributed by atoms with Crippen LogP contribution in [0.5, 0.6) is 11.5 Å². The number of hydrogen-bond donors (Lipinski definition) is 1. The Balaban J connectivity index is 1.82. The Morgan fingerprint density at radius 3 is 2.32 bits per heavy atom. The molecule has 7 nitrogen and oxygen atoms in total. The van der Waals surface area contributed by atoms with Crippen molar-refractivity contribution in [2.45, 2.75) is 20.0 Å². The first-order chi connectivity index (χ1) is 13.5. The zero-order valence-electron chi connectivity index (χ0n) is 16.0. The van der Waals surface area contributed by atoms with E-state index in [9.17, 15) is 9.59 Å².